The number of benzene rings is 1. The Kier molecular flexibility index (Phi) is 4.14. The van der Waals surface area contributed by atoms with Crippen molar-refractivity contribution in [2.24, 2.45) is 5.92 Å². The van der Waals surface area contributed by atoms with E-state index >= 15 is 0 Å². The van der Waals surface area contributed by atoms with Gasteiger partial charge in [-0.05, 0) is 12.0 Å². The fraction of sp³-hybridized carbons (Fsp3) is 0.364. The van der Waals surface area contributed by atoms with Gasteiger partial charge in [0.25, 0.3) is 5.69 Å². The largest absolute Gasteiger partial charge is 0.320 e. The molecule has 0 aliphatic heterocycles. The number of nitro benzene ring substituents is 1. The lowest BCUT2D eigenvalue weighted by Gasteiger charge is -2.07. The molecule has 0 bridgehead atoms. The summed E-state index contributed by atoms with van der Waals surface area (Å²) in [5.74, 6) is -0.869. The molecule has 1 N–H and O–H groups in total. The maximum atomic E-state index is 12.9. The Hall–Kier alpha value is -1.98. The second-order valence-electron chi connectivity index (χ2n) is 4.06. The van der Waals surface area contributed by atoms with Gasteiger partial charge in [0.2, 0.25) is 5.91 Å². The summed E-state index contributed by atoms with van der Waals surface area (Å²) in [5.41, 5.74) is -0.427. The molecular weight excluding hydrogens is 227 g/mol. The maximum absolute atomic E-state index is 12.9. The lowest BCUT2D eigenvalue weighted by molar-refractivity contribution is -0.384. The topological polar surface area (TPSA) is 72.2 Å². The molecule has 0 fully saturated rings. The third-order valence-corrected chi connectivity index (χ3v) is 2.02. The molecule has 1 amide bonds. The summed E-state index contributed by atoms with van der Waals surface area (Å²) < 4.78 is 12.9. The monoisotopic (exact) mass is 240 g/mol. The van der Waals surface area contributed by atoms with Crippen LogP contribution in [0, 0.1) is 21.8 Å². The summed E-state index contributed by atoms with van der Waals surface area (Å²) in [6.07, 6.45) is 0.230. The first-order valence-electron chi connectivity index (χ1n) is 5.14. The zero-order valence-corrected chi connectivity index (χ0v) is 9.57. The molecule has 5 nitrogen and oxygen atoms in total. The van der Waals surface area contributed by atoms with E-state index in [4.69, 9.17) is 0 Å². The maximum Gasteiger partial charge on any atom is 0.292 e. The van der Waals surface area contributed by atoms with Crippen LogP contribution in [0.25, 0.3) is 0 Å². The Labute approximate surface area is 97.8 Å². The Bertz CT molecular complexity index is 446. The summed E-state index contributed by atoms with van der Waals surface area (Å²) in [5, 5.41) is 13.0. The number of halogens is 1. The molecule has 6 heteroatoms. The number of hydrogen-bond acceptors (Lipinski definition) is 3. The fourth-order valence-electron chi connectivity index (χ4n) is 1.34. The predicted molar refractivity (Wildman–Crippen MR) is 61.1 cm³/mol. The zero-order valence-electron chi connectivity index (χ0n) is 9.57. The van der Waals surface area contributed by atoms with Gasteiger partial charge in [-0.3, -0.25) is 14.9 Å². The Balaban J connectivity index is 2.92. The average Bonchev–Trinajstić information content (AvgIpc) is 2.15. The van der Waals surface area contributed by atoms with Crippen LogP contribution in [0.5, 0.6) is 0 Å². The minimum absolute atomic E-state index is 0.111. The highest BCUT2D eigenvalue weighted by Crippen LogP contribution is 2.25. The first-order chi connectivity index (χ1) is 7.90. The van der Waals surface area contributed by atoms with Gasteiger partial charge in [-0.1, -0.05) is 13.8 Å². The van der Waals surface area contributed by atoms with Gasteiger partial charge in [0.15, 0.2) is 0 Å². The summed E-state index contributed by atoms with van der Waals surface area (Å²) in [7, 11) is 0. The van der Waals surface area contributed by atoms with Crippen LogP contribution in [0.1, 0.15) is 20.3 Å². The van der Waals surface area contributed by atoms with Crippen LogP contribution in [-0.2, 0) is 4.79 Å². The highest BCUT2D eigenvalue weighted by molar-refractivity contribution is 5.93. The second kappa shape index (κ2) is 5.38. The van der Waals surface area contributed by atoms with Crippen LogP contribution in [0.2, 0.25) is 0 Å². The number of hydrogen-bond donors (Lipinski definition) is 1. The molecule has 0 aromatic heterocycles. The fourth-order valence-corrected chi connectivity index (χ4v) is 1.34. The van der Waals surface area contributed by atoms with E-state index in [1.165, 1.54) is 0 Å². The molecular formula is C11H13FN2O3. The highest BCUT2D eigenvalue weighted by atomic mass is 19.1. The van der Waals surface area contributed by atoms with E-state index in [0.29, 0.717) is 0 Å². The summed E-state index contributed by atoms with van der Waals surface area (Å²) in [6, 6.07) is 2.95. The van der Waals surface area contributed by atoms with Crippen LogP contribution >= 0.6 is 0 Å². The number of carbonyl (C=O) groups is 1. The normalized spacial score (nSPS) is 10.4. The average molecular weight is 240 g/mol. The van der Waals surface area contributed by atoms with E-state index < -0.39 is 10.7 Å². The third-order valence-electron chi connectivity index (χ3n) is 2.02. The number of nitrogens with zero attached hydrogens (tertiary/aromatic N) is 1. The Morgan fingerprint density at radius 3 is 2.71 bits per heavy atom. The Morgan fingerprint density at radius 2 is 2.18 bits per heavy atom. The van der Waals surface area contributed by atoms with Gasteiger partial charge in [0.05, 0.1) is 4.92 Å². The van der Waals surface area contributed by atoms with Crippen LogP contribution in [0.15, 0.2) is 18.2 Å². The van der Waals surface area contributed by atoms with Crippen molar-refractivity contribution in [2.75, 3.05) is 5.32 Å². The van der Waals surface area contributed by atoms with E-state index in [1.54, 1.807) is 0 Å². The molecule has 1 aromatic rings. The molecule has 0 aliphatic rings. The number of rotatable bonds is 4. The summed E-state index contributed by atoms with van der Waals surface area (Å²) in [4.78, 5) is 21.5. The third kappa shape index (κ3) is 3.82. The van der Waals surface area contributed by atoms with Crippen molar-refractivity contribution in [3.63, 3.8) is 0 Å². The van der Waals surface area contributed by atoms with Gasteiger partial charge in [0.1, 0.15) is 11.5 Å². The van der Waals surface area contributed by atoms with E-state index in [1.807, 2.05) is 13.8 Å². The lowest BCUT2D eigenvalue weighted by atomic mass is 10.1. The zero-order chi connectivity index (χ0) is 13.0. The van der Waals surface area contributed by atoms with Crippen molar-refractivity contribution >= 4 is 17.3 Å². The number of anilines is 1. The van der Waals surface area contributed by atoms with E-state index in [9.17, 15) is 19.3 Å². The Morgan fingerprint density at radius 1 is 1.53 bits per heavy atom. The molecule has 0 spiro atoms. The molecule has 0 atom stereocenters. The van der Waals surface area contributed by atoms with Crippen LogP contribution < -0.4 is 5.32 Å². The standard InChI is InChI=1S/C11H13FN2O3/c1-7(2)5-11(15)13-9-6-8(12)3-4-10(9)14(16)17/h3-4,6-7H,5H2,1-2H3,(H,13,15). The van der Waals surface area contributed by atoms with E-state index in [2.05, 4.69) is 5.32 Å². The summed E-state index contributed by atoms with van der Waals surface area (Å²) >= 11 is 0. The van der Waals surface area contributed by atoms with Gasteiger partial charge in [-0.2, -0.15) is 0 Å². The van der Waals surface area contributed by atoms with Gasteiger partial charge in [0, 0.05) is 18.6 Å². The van der Waals surface area contributed by atoms with Crippen molar-refractivity contribution in [3.05, 3.63) is 34.1 Å². The predicted octanol–water partition coefficient (Wildman–Crippen LogP) is 2.72. The van der Waals surface area contributed by atoms with Crippen molar-refractivity contribution in [1.82, 2.24) is 0 Å². The van der Waals surface area contributed by atoms with Gasteiger partial charge in [-0.25, -0.2) is 4.39 Å². The van der Waals surface area contributed by atoms with Gasteiger partial charge >= 0.3 is 0 Å². The minimum Gasteiger partial charge on any atom is -0.320 e. The van der Waals surface area contributed by atoms with Gasteiger partial charge in [-0.15, -0.1) is 0 Å². The molecule has 92 valence electrons. The smallest absolute Gasteiger partial charge is 0.292 e. The SMILES string of the molecule is CC(C)CC(=O)Nc1cc(F)ccc1[N+](=O)[O-]. The van der Waals surface area contributed by atoms with E-state index in [0.717, 1.165) is 18.2 Å². The van der Waals surface area contributed by atoms with Crippen LogP contribution in [0.3, 0.4) is 0 Å². The quantitative estimate of drug-likeness (QED) is 0.649. The van der Waals surface area contributed by atoms with E-state index in [-0.39, 0.29) is 29.6 Å². The molecule has 0 saturated carbocycles. The molecule has 1 aromatic carbocycles. The molecule has 0 aliphatic carbocycles. The lowest BCUT2D eigenvalue weighted by Crippen LogP contribution is -2.15. The van der Waals surface area contributed by atoms with Gasteiger partial charge < -0.3 is 5.32 Å². The molecule has 0 unspecified atom stereocenters. The van der Waals surface area contributed by atoms with Crippen molar-refractivity contribution in [3.8, 4) is 0 Å². The molecule has 0 heterocycles. The number of nitrogens with one attached hydrogen (secondary N) is 1. The van der Waals surface area contributed by atoms with Crippen LogP contribution in [-0.4, -0.2) is 10.8 Å². The second-order valence-corrected chi connectivity index (χ2v) is 4.06. The van der Waals surface area contributed by atoms with Crippen molar-refractivity contribution in [2.45, 2.75) is 20.3 Å². The highest BCUT2D eigenvalue weighted by Gasteiger charge is 2.16. The minimum atomic E-state index is -0.662. The van der Waals surface area contributed by atoms with Crippen molar-refractivity contribution in [1.29, 1.82) is 0 Å². The van der Waals surface area contributed by atoms with Crippen molar-refractivity contribution < 1.29 is 14.1 Å². The molecule has 0 saturated heterocycles. The first kappa shape index (κ1) is 13.1. The first-order valence-corrected chi connectivity index (χ1v) is 5.14. The number of carbonyl (C=O) groups excluding carboxylic acids is 1. The van der Waals surface area contributed by atoms with Crippen LogP contribution in [0.4, 0.5) is 15.8 Å². The molecule has 17 heavy (non-hydrogen) atoms. The molecule has 1 rings (SSSR count). The number of nitro groups is 1. The summed E-state index contributed by atoms with van der Waals surface area (Å²) in [6.45, 7) is 3.69. The number of amides is 1. The molecule has 0 radical (unpaired) electrons.